The van der Waals surface area contributed by atoms with E-state index < -0.39 is 0 Å². The fraction of sp³-hybridized carbons (Fsp3) is 0.875. The molecule has 106 valence electrons. The van der Waals surface area contributed by atoms with E-state index in [1.54, 1.807) is 5.57 Å². The molecule has 18 heavy (non-hydrogen) atoms. The lowest BCUT2D eigenvalue weighted by atomic mass is 9.80. The van der Waals surface area contributed by atoms with Gasteiger partial charge in [0.05, 0.1) is 0 Å². The average Bonchev–Trinajstić information content (AvgIpc) is 2.36. The van der Waals surface area contributed by atoms with E-state index in [9.17, 15) is 0 Å². The second kappa shape index (κ2) is 6.21. The van der Waals surface area contributed by atoms with E-state index in [-0.39, 0.29) is 0 Å². The molecule has 0 aromatic rings. The van der Waals surface area contributed by atoms with Crippen LogP contribution in [0.1, 0.15) is 53.9 Å². The molecule has 0 radical (unpaired) electrons. The fourth-order valence-electron chi connectivity index (χ4n) is 2.84. The van der Waals surface area contributed by atoms with E-state index in [2.05, 4.69) is 45.6 Å². The second-order valence-electron chi connectivity index (χ2n) is 6.88. The Bertz CT molecular complexity index is 274. The van der Waals surface area contributed by atoms with E-state index in [0.29, 0.717) is 10.8 Å². The third kappa shape index (κ3) is 3.83. The van der Waals surface area contributed by atoms with Crippen LogP contribution in [-0.2, 0) is 0 Å². The first-order chi connectivity index (χ1) is 8.37. The van der Waals surface area contributed by atoms with Crippen LogP contribution in [0.15, 0.2) is 11.6 Å². The van der Waals surface area contributed by atoms with Crippen molar-refractivity contribution in [1.82, 2.24) is 4.90 Å². The maximum Gasteiger partial charge on any atom is 0.0166 e. The van der Waals surface area contributed by atoms with Crippen molar-refractivity contribution in [3.63, 3.8) is 0 Å². The summed E-state index contributed by atoms with van der Waals surface area (Å²) < 4.78 is 0. The van der Waals surface area contributed by atoms with Crippen LogP contribution in [0, 0.1) is 10.8 Å². The molecule has 0 bridgehead atoms. The molecule has 2 N–H and O–H groups in total. The Kier molecular flexibility index (Phi) is 5.42. The first kappa shape index (κ1) is 15.7. The highest BCUT2D eigenvalue weighted by Crippen LogP contribution is 2.32. The van der Waals surface area contributed by atoms with Gasteiger partial charge in [0.25, 0.3) is 0 Å². The van der Waals surface area contributed by atoms with Crippen LogP contribution >= 0.6 is 0 Å². The Labute approximate surface area is 114 Å². The second-order valence-corrected chi connectivity index (χ2v) is 6.88. The van der Waals surface area contributed by atoms with Gasteiger partial charge in [-0.05, 0) is 36.6 Å². The minimum absolute atomic E-state index is 0.326. The van der Waals surface area contributed by atoms with E-state index >= 15 is 0 Å². The summed E-state index contributed by atoms with van der Waals surface area (Å²) in [5.74, 6) is 0. The summed E-state index contributed by atoms with van der Waals surface area (Å²) in [6.45, 7) is 15.8. The molecule has 0 saturated heterocycles. The summed E-state index contributed by atoms with van der Waals surface area (Å²) in [7, 11) is 0. The first-order valence-corrected chi connectivity index (χ1v) is 7.49. The Balaban J connectivity index is 2.61. The monoisotopic (exact) mass is 252 g/mol. The van der Waals surface area contributed by atoms with Crippen molar-refractivity contribution in [1.29, 1.82) is 0 Å². The van der Waals surface area contributed by atoms with Crippen molar-refractivity contribution >= 4 is 0 Å². The van der Waals surface area contributed by atoms with Gasteiger partial charge >= 0.3 is 0 Å². The number of hydrogen-bond donors (Lipinski definition) is 1. The van der Waals surface area contributed by atoms with Gasteiger partial charge in [0.15, 0.2) is 0 Å². The standard InChI is InChI=1S/C16H32N2/c1-6-16(7-2,12-17)13-18-10-8-14(9-11-18)15(3,4)5/h8H,6-7,9-13,17H2,1-5H3. The molecule has 0 aliphatic carbocycles. The Hall–Kier alpha value is -0.340. The van der Waals surface area contributed by atoms with E-state index in [1.165, 1.54) is 25.8 Å². The summed E-state index contributed by atoms with van der Waals surface area (Å²) in [5.41, 5.74) is 8.28. The molecular weight excluding hydrogens is 220 g/mol. The quantitative estimate of drug-likeness (QED) is 0.760. The lowest BCUT2D eigenvalue weighted by Gasteiger charge is -2.39. The molecule has 1 rings (SSSR count). The van der Waals surface area contributed by atoms with Gasteiger partial charge in [0.2, 0.25) is 0 Å². The summed E-state index contributed by atoms with van der Waals surface area (Å²) >= 11 is 0. The van der Waals surface area contributed by atoms with Gasteiger partial charge in [0, 0.05) is 19.6 Å². The van der Waals surface area contributed by atoms with Crippen molar-refractivity contribution in [3.8, 4) is 0 Å². The number of hydrogen-bond acceptors (Lipinski definition) is 2. The molecule has 0 amide bonds. The molecule has 0 atom stereocenters. The van der Waals surface area contributed by atoms with Gasteiger partial charge in [0.1, 0.15) is 0 Å². The van der Waals surface area contributed by atoms with E-state index in [1.807, 2.05) is 0 Å². The largest absolute Gasteiger partial charge is 0.330 e. The third-order valence-electron chi connectivity index (χ3n) is 4.75. The molecule has 0 fully saturated rings. The van der Waals surface area contributed by atoms with Gasteiger partial charge in [-0.15, -0.1) is 0 Å². The molecule has 2 heteroatoms. The smallest absolute Gasteiger partial charge is 0.0166 e. The van der Waals surface area contributed by atoms with Crippen LogP contribution in [0.3, 0.4) is 0 Å². The number of nitrogens with zero attached hydrogens (tertiary/aromatic N) is 1. The highest BCUT2D eigenvalue weighted by atomic mass is 15.1. The summed E-state index contributed by atoms with van der Waals surface area (Å²) in [6, 6.07) is 0. The van der Waals surface area contributed by atoms with Crippen molar-refractivity contribution in [2.24, 2.45) is 16.6 Å². The molecule has 2 nitrogen and oxygen atoms in total. The van der Waals surface area contributed by atoms with Crippen LogP contribution in [0.2, 0.25) is 0 Å². The van der Waals surface area contributed by atoms with Crippen molar-refractivity contribution in [3.05, 3.63) is 11.6 Å². The molecule has 0 aromatic carbocycles. The lowest BCUT2D eigenvalue weighted by molar-refractivity contribution is 0.148. The lowest BCUT2D eigenvalue weighted by Crippen LogP contribution is -2.44. The van der Waals surface area contributed by atoms with Gasteiger partial charge in [-0.1, -0.05) is 46.3 Å². The minimum atomic E-state index is 0.326. The molecule has 1 aliphatic heterocycles. The zero-order chi connectivity index (χ0) is 13.8. The van der Waals surface area contributed by atoms with Gasteiger partial charge in [-0.2, -0.15) is 0 Å². The Morgan fingerprint density at radius 3 is 2.17 bits per heavy atom. The molecule has 0 aromatic heterocycles. The van der Waals surface area contributed by atoms with Crippen molar-refractivity contribution in [2.45, 2.75) is 53.9 Å². The molecule has 0 saturated carbocycles. The molecule has 0 unspecified atom stereocenters. The van der Waals surface area contributed by atoms with Crippen LogP contribution in [0.4, 0.5) is 0 Å². The van der Waals surface area contributed by atoms with Gasteiger partial charge in [-0.25, -0.2) is 0 Å². The maximum atomic E-state index is 6.00. The van der Waals surface area contributed by atoms with Crippen LogP contribution < -0.4 is 5.73 Å². The Morgan fingerprint density at radius 1 is 1.22 bits per heavy atom. The average molecular weight is 252 g/mol. The molecule has 1 aliphatic rings. The predicted molar refractivity (Wildman–Crippen MR) is 80.7 cm³/mol. The fourth-order valence-corrected chi connectivity index (χ4v) is 2.84. The van der Waals surface area contributed by atoms with E-state index in [4.69, 9.17) is 5.73 Å². The zero-order valence-corrected chi connectivity index (χ0v) is 13.1. The van der Waals surface area contributed by atoms with Crippen molar-refractivity contribution in [2.75, 3.05) is 26.2 Å². The van der Waals surface area contributed by atoms with Gasteiger partial charge < -0.3 is 5.73 Å². The topological polar surface area (TPSA) is 29.3 Å². The number of nitrogens with two attached hydrogens (primary N) is 1. The van der Waals surface area contributed by atoms with Crippen molar-refractivity contribution < 1.29 is 0 Å². The summed E-state index contributed by atoms with van der Waals surface area (Å²) in [5, 5.41) is 0. The molecular formula is C16H32N2. The Morgan fingerprint density at radius 2 is 1.83 bits per heavy atom. The summed E-state index contributed by atoms with van der Waals surface area (Å²) in [6.07, 6.45) is 6.03. The van der Waals surface area contributed by atoms with E-state index in [0.717, 1.165) is 19.6 Å². The third-order valence-corrected chi connectivity index (χ3v) is 4.75. The van der Waals surface area contributed by atoms with Crippen LogP contribution in [-0.4, -0.2) is 31.1 Å². The normalized spacial score (nSPS) is 18.9. The zero-order valence-electron chi connectivity index (χ0n) is 13.1. The predicted octanol–water partition coefficient (Wildman–Crippen LogP) is 3.43. The SMILES string of the molecule is CCC(CC)(CN)CN1CC=C(C(C)(C)C)CC1. The highest BCUT2D eigenvalue weighted by molar-refractivity contribution is 5.14. The summed E-state index contributed by atoms with van der Waals surface area (Å²) in [4.78, 5) is 2.58. The van der Waals surface area contributed by atoms with Gasteiger partial charge in [-0.3, -0.25) is 4.90 Å². The highest BCUT2D eigenvalue weighted by Gasteiger charge is 2.29. The van der Waals surface area contributed by atoms with Crippen LogP contribution in [0.5, 0.6) is 0 Å². The molecule has 1 heterocycles. The van der Waals surface area contributed by atoms with Crippen LogP contribution in [0.25, 0.3) is 0 Å². The number of rotatable bonds is 5. The first-order valence-electron chi connectivity index (χ1n) is 7.49. The molecule has 0 spiro atoms. The maximum absolute atomic E-state index is 6.00. The minimum Gasteiger partial charge on any atom is -0.330 e.